The first-order chi connectivity index (χ1) is 9.47. The maximum Gasteiger partial charge on any atom is 0.339 e. The van der Waals surface area contributed by atoms with Gasteiger partial charge in [-0.3, -0.25) is 0 Å². The Morgan fingerprint density at radius 3 is 2.70 bits per heavy atom. The molecule has 0 heterocycles. The summed E-state index contributed by atoms with van der Waals surface area (Å²) in [6.07, 6.45) is 0. The van der Waals surface area contributed by atoms with Crippen LogP contribution in [0.3, 0.4) is 0 Å². The highest BCUT2D eigenvalue weighted by Crippen LogP contribution is 2.23. The van der Waals surface area contributed by atoms with Crippen molar-refractivity contribution in [3.63, 3.8) is 0 Å². The zero-order valence-electron chi connectivity index (χ0n) is 10.1. The Balaban J connectivity index is 2.18. The zero-order valence-corrected chi connectivity index (χ0v) is 13.8. The van der Waals surface area contributed by atoms with Gasteiger partial charge in [-0.25, -0.2) is 9.18 Å². The maximum atomic E-state index is 13.1. The maximum absolute atomic E-state index is 13.1. The van der Waals surface area contributed by atoms with E-state index < -0.39 is 5.97 Å². The topological polar surface area (TPSA) is 46.5 Å². The minimum atomic E-state index is -1.04. The molecule has 6 heteroatoms. The number of halogens is 3. The molecule has 3 nitrogen and oxygen atoms in total. The van der Waals surface area contributed by atoms with E-state index in [0.29, 0.717) is 10.2 Å². The highest BCUT2D eigenvalue weighted by molar-refractivity contribution is 14.1. The summed E-state index contributed by atoms with van der Waals surface area (Å²) in [4.78, 5) is 11.1. The van der Waals surface area contributed by atoms with Crippen molar-refractivity contribution >= 4 is 44.5 Å². The van der Waals surface area contributed by atoms with Crippen molar-refractivity contribution in [2.75, 3.05) is 0 Å². The fourth-order valence-electron chi connectivity index (χ4n) is 1.59. The summed E-state index contributed by atoms with van der Waals surface area (Å²) in [7, 11) is 0. The molecule has 0 aliphatic rings. The fourth-order valence-corrected chi connectivity index (χ4v) is 2.50. The number of aromatic carboxylic acids is 1. The third-order valence-corrected chi connectivity index (χ3v) is 3.83. The van der Waals surface area contributed by atoms with Gasteiger partial charge in [0.1, 0.15) is 23.7 Å². The van der Waals surface area contributed by atoms with Gasteiger partial charge in [0, 0.05) is 3.57 Å². The summed E-state index contributed by atoms with van der Waals surface area (Å²) in [6.45, 7) is 0.166. The largest absolute Gasteiger partial charge is 0.488 e. The molecule has 0 aliphatic carbocycles. The van der Waals surface area contributed by atoms with E-state index in [1.165, 1.54) is 6.07 Å². The Labute approximate surface area is 137 Å². The lowest BCUT2D eigenvalue weighted by Crippen LogP contribution is -2.04. The molecule has 0 aliphatic heterocycles. The van der Waals surface area contributed by atoms with Gasteiger partial charge in [0.15, 0.2) is 0 Å². The van der Waals surface area contributed by atoms with Crippen molar-refractivity contribution in [2.45, 2.75) is 6.61 Å². The van der Waals surface area contributed by atoms with Gasteiger partial charge in [-0.2, -0.15) is 0 Å². The molecule has 2 aromatic carbocycles. The number of benzene rings is 2. The van der Waals surface area contributed by atoms with E-state index in [1.807, 2.05) is 22.6 Å². The Morgan fingerprint density at radius 1 is 1.30 bits per heavy atom. The lowest BCUT2D eigenvalue weighted by molar-refractivity contribution is 0.0691. The SMILES string of the molecule is O=C(O)c1cc(I)ccc1OCc1ccc(F)c(Br)c1. The monoisotopic (exact) mass is 450 g/mol. The first kappa shape index (κ1) is 15.2. The molecule has 0 unspecified atom stereocenters. The Bertz CT molecular complexity index is 661. The van der Waals surface area contributed by atoms with Gasteiger partial charge in [-0.1, -0.05) is 6.07 Å². The second-order valence-corrected chi connectivity index (χ2v) is 6.08. The van der Waals surface area contributed by atoms with Crippen LogP contribution in [0.5, 0.6) is 5.75 Å². The van der Waals surface area contributed by atoms with E-state index in [9.17, 15) is 9.18 Å². The lowest BCUT2D eigenvalue weighted by atomic mass is 10.2. The summed E-state index contributed by atoms with van der Waals surface area (Å²) in [5.74, 6) is -1.11. The highest BCUT2D eigenvalue weighted by Gasteiger charge is 2.12. The number of carbonyl (C=O) groups is 1. The van der Waals surface area contributed by atoms with Gasteiger partial charge in [0.05, 0.1) is 4.47 Å². The molecule has 104 valence electrons. The summed E-state index contributed by atoms with van der Waals surface area (Å²) in [6, 6.07) is 9.44. The molecule has 0 amide bonds. The van der Waals surface area contributed by atoms with Crippen LogP contribution in [0.15, 0.2) is 40.9 Å². The molecule has 2 aromatic rings. The number of ether oxygens (including phenoxy) is 1. The van der Waals surface area contributed by atoms with E-state index in [4.69, 9.17) is 9.84 Å². The molecular weight excluding hydrogens is 442 g/mol. The van der Waals surface area contributed by atoms with Gasteiger partial charge in [0.25, 0.3) is 0 Å². The quantitative estimate of drug-likeness (QED) is 0.699. The third kappa shape index (κ3) is 3.69. The fraction of sp³-hybridized carbons (Fsp3) is 0.0714. The average Bonchev–Trinajstić information content (AvgIpc) is 2.41. The summed E-state index contributed by atoms with van der Waals surface area (Å²) < 4.78 is 19.8. The second-order valence-electron chi connectivity index (χ2n) is 3.98. The average molecular weight is 451 g/mol. The van der Waals surface area contributed by atoms with E-state index in [-0.39, 0.29) is 18.0 Å². The standard InChI is InChI=1S/C14H9BrFIO3/c15-11-5-8(1-3-12(11)16)7-20-13-4-2-9(17)6-10(13)14(18)19/h1-6H,7H2,(H,18,19). The zero-order chi connectivity index (χ0) is 14.7. The van der Waals surface area contributed by atoms with Crippen LogP contribution >= 0.6 is 38.5 Å². The first-order valence-corrected chi connectivity index (χ1v) is 7.44. The van der Waals surface area contributed by atoms with E-state index in [1.54, 1.807) is 30.3 Å². The van der Waals surface area contributed by atoms with Gasteiger partial charge in [-0.05, 0) is 74.4 Å². The predicted octanol–water partition coefficient (Wildman–Crippen LogP) is 4.47. The Kier molecular flexibility index (Phi) is 4.98. The van der Waals surface area contributed by atoms with Crippen LogP contribution in [0.1, 0.15) is 15.9 Å². The van der Waals surface area contributed by atoms with Crippen molar-refractivity contribution in [1.82, 2.24) is 0 Å². The summed E-state index contributed by atoms with van der Waals surface area (Å²) in [5, 5.41) is 9.13. The molecular formula is C14H9BrFIO3. The van der Waals surface area contributed by atoms with E-state index in [2.05, 4.69) is 15.9 Å². The highest BCUT2D eigenvalue weighted by atomic mass is 127. The predicted molar refractivity (Wildman–Crippen MR) is 84.6 cm³/mol. The molecule has 2 rings (SSSR count). The van der Waals surface area contributed by atoms with Crippen LogP contribution in [0.2, 0.25) is 0 Å². The molecule has 0 atom stereocenters. The summed E-state index contributed by atoms with van der Waals surface area (Å²) in [5.41, 5.74) is 0.853. The van der Waals surface area contributed by atoms with Gasteiger partial charge in [0.2, 0.25) is 0 Å². The van der Waals surface area contributed by atoms with Crippen molar-refractivity contribution in [1.29, 1.82) is 0 Å². The Morgan fingerprint density at radius 2 is 2.05 bits per heavy atom. The van der Waals surface area contributed by atoms with Crippen molar-refractivity contribution in [2.24, 2.45) is 0 Å². The van der Waals surface area contributed by atoms with E-state index >= 15 is 0 Å². The van der Waals surface area contributed by atoms with Gasteiger partial charge in [-0.15, -0.1) is 0 Å². The van der Waals surface area contributed by atoms with Crippen LogP contribution < -0.4 is 4.74 Å². The Hall–Kier alpha value is -1.15. The van der Waals surface area contributed by atoms with Crippen molar-refractivity contribution in [3.05, 3.63) is 61.4 Å². The van der Waals surface area contributed by atoms with Crippen molar-refractivity contribution in [3.8, 4) is 5.75 Å². The van der Waals surface area contributed by atoms with E-state index in [0.717, 1.165) is 9.13 Å². The lowest BCUT2D eigenvalue weighted by Gasteiger charge is -2.10. The van der Waals surface area contributed by atoms with Crippen molar-refractivity contribution < 1.29 is 19.0 Å². The molecule has 0 radical (unpaired) electrons. The molecule has 0 bridgehead atoms. The third-order valence-electron chi connectivity index (χ3n) is 2.55. The first-order valence-electron chi connectivity index (χ1n) is 5.57. The van der Waals surface area contributed by atoms with Crippen LogP contribution in [0.4, 0.5) is 4.39 Å². The molecule has 20 heavy (non-hydrogen) atoms. The van der Waals surface area contributed by atoms with Crippen LogP contribution in [-0.2, 0) is 6.61 Å². The van der Waals surface area contributed by atoms with Crippen LogP contribution in [0.25, 0.3) is 0 Å². The second kappa shape index (κ2) is 6.53. The van der Waals surface area contributed by atoms with Crippen LogP contribution in [-0.4, -0.2) is 11.1 Å². The molecule has 0 saturated heterocycles. The molecule has 0 saturated carbocycles. The molecule has 1 N–H and O–H groups in total. The van der Waals surface area contributed by atoms with Gasteiger partial charge >= 0.3 is 5.97 Å². The number of rotatable bonds is 4. The number of carboxylic acids is 1. The minimum absolute atomic E-state index is 0.109. The number of hydrogen-bond acceptors (Lipinski definition) is 2. The molecule has 0 aromatic heterocycles. The molecule has 0 spiro atoms. The van der Waals surface area contributed by atoms with Crippen LogP contribution in [0, 0.1) is 9.39 Å². The number of carboxylic acid groups (broad SMARTS) is 1. The van der Waals surface area contributed by atoms with Gasteiger partial charge < -0.3 is 9.84 Å². The smallest absolute Gasteiger partial charge is 0.339 e. The minimum Gasteiger partial charge on any atom is -0.488 e. The normalized spacial score (nSPS) is 10.3. The summed E-state index contributed by atoms with van der Waals surface area (Å²) >= 11 is 5.13. The molecule has 0 fully saturated rings. The number of hydrogen-bond donors (Lipinski definition) is 1.